The third kappa shape index (κ3) is 4.98. The molecular formula is C17H30N4OS. The van der Waals surface area contributed by atoms with Crippen LogP contribution in [0.15, 0.2) is 0 Å². The van der Waals surface area contributed by atoms with Crippen LogP contribution in [0.4, 0.5) is 0 Å². The van der Waals surface area contributed by atoms with Gasteiger partial charge in [-0.1, -0.05) is 0 Å². The molecule has 0 aliphatic carbocycles. The third-order valence-corrected chi connectivity index (χ3v) is 5.47. The van der Waals surface area contributed by atoms with Gasteiger partial charge < -0.3 is 10.2 Å². The lowest BCUT2D eigenvalue weighted by atomic mass is 10.1. The van der Waals surface area contributed by atoms with Crippen molar-refractivity contribution < 1.29 is 4.79 Å². The average Bonchev–Trinajstić information content (AvgIpc) is 3.11. The van der Waals surface area contributed by atoms with Crippen LogP contribution in [0, 0.1) is 13.8 Å². The summed E-state index contributed by atoms with van der Waals surface area (Å²) in [5.41, 5.74) is 3.32. The number of nitrogens with one attached hydrogen (secondary N) is 1. The molecule has 1 aliphatic rings. The highest BCUT2D eigenvalue weighted by molar-refractivity contribution is 7.99. The summed E-state index contributed by atoms with van der Waals surface area (Å²) in [5.74, 6) is 1.69. The van der Waals surface area contributed by atoms with E-state index in [1.54, 1.807) is 11.8 Å². The maximum absolute atomic E-state index is 12.1. The van der Waals surface area contributed by atoms with Crippen molar-refractivity contribution in [1.82, 2.24) is 20.0 Å². The Morgan fingerprint density at radius 1 is 1.35 bits per heavy atom. The molecule has 0 radical (unpaired) electrons. The van der Waals surface area contributed by atoms with Gasteiger partial charge in [0.2, 0.25) is 5.91 Å². The average molecular weight is 339 g/mol. The van der Waals surface area contributed by atoms with Crippen molar-refractivity contribution in [2.75, 3.05) is 31.1 Å². The lowest BCUT2D eigenvalue weighted by molar-refractivity contribution is -0.119. The SMILES string of the molecule is CCn1nc(C)c([C@@H](C)NC(=O)CSCCN2CCCC2)c1C. The standard InChI is InChI=1S/C17H30N4OS/c1-5-21-15(4)17(14(3)19-21)13(2)18-16(22)12-23-11-10-20-8-6-7-9-20/h13H,5-12H2,1-4H3,(H,18,22)/t13-/m1/s1. The summed E-state index contributed by atoms with van der Waals surface area (Å²) in [6.45, 7) is 12.6. The predicted octanol–water partition coefficient (Wildman–Crippen LogP) is 2.53. The highest BCUT2D eigenvalue weighted by Gasteiger charge is 2.18. The number of amides is 1. The number of aromatic nitrogens is 2. The Bertz CT molecular complexity index is 523. The fourth-order valence-corrected chi connectivity index (χ4v) is 4.17. The van der Waals surface area contributed by atoms with Gasteiger partial charge in [-0.15, -0.1) is 0 Å². The van der Waals surface area contributed by atoms with Crippen LogP contribution in [0.5, 0.6) is 0 Å². The fourth-order valence-electron chi connectivity index (χ4n) is 3.37. The van der Waals surface area contributed by atoms with Gasteiger partial charge in [0, 0.05) is 30.1 Å². The summed E-state index contributed by atoms with van der Waals surface area (Å²) in [6.07, 6.45) is 2.65. The van der Waals surface area contributed by atoms with E-state index in [1.165, 1.54) is 25.9 Å². The Balaban J connectivity index is 1.75. The molecule has 1 aromatic heterocycles. The quantitative estimate of drug-likeness (QED) is 0.740. The second kappa shape index (κ2) is 8.73. The summed E-state index contributed by atoms with van der Waals surface area (Å²) in [7, 11) is 0. The van der Waals surface area contributed by atoms with Gasteiger partial charge in [-0.25, -0.2) is 0 Å². The van der Waals surface area contributed by atoms with E-state index in [-0.39, 0.29) is 11.9 Å². The minimum absolute atomic E-state index is 0.0157. The molecule has 1 fully saturated rings. The van der Waals surface area contributed by atoms with Crippen LogP contribution in [0.3, 0.4) is 0 Å². The van der Waals surface area contributed by atoms with Gasteiger partial charge in [0.05, 0.1) is 17.5 Å². The van der Waals surface area contributed by atoms with Crippen LogP contribution in [0.2, 0.25) is 0 Å². The Morgan fingerprint density at radius 3 is 2.65 bits per heavy atom. The Kier molecular flexibility index (Phi) is 6.96. The lowest BCUT2D eigenvalue weighted by Gasteiger charge is -2.16. The molecule has 23 heavy (non-hydrogen) atoms. The van der Waals surface area contributed by atoms with Gasteiger partial charge in [-0.3, -0.25) is 9.48 Å². The van der Waals surface area contributed by atoms with E-state index >= 15 is 0 Å². The molecule has 0 aromatic carbocycles. The molecule has 2 heterocycles. The number of nitrogens with zero attached hydrogens (tertiary/aromatic N) is 3. The first-order valence-corrected chi connectivity index (χ1v) is 9.81. The molecular weight excluding hydrogens is 308 g/mol. The van der Waals surface area contributed by atoms with E-state index in [0.717, 1.165) is 35.8 Å². The van der Waals surface area contributed by atoms with Crippen molar-refractivity contribution >= 4 is 17.7 Å². The number of aryl methyl sites for hydroxylation is 2. The number of rotatable bonds is 8. The van der Waals surface area contributed by atoms with Gasteiger partial charge in [0.15, 0.2) is 0 Å². The molecule has 5 nitrogen and oxygen atoms in total. The van der Waals surface area contributed by atoms with Crippen molar-refractivity contribution in [2.24, 2.45) is 0 Å². The van der Waals surface area contributed by atoms with Crippen LogP contribution < -0.4 is 5.32 Å². The van der Waals surface area contributed by atoms with Gasteiger partial charge >= 0.3 is 0 Å². The second-order valence-electron chi connectivity index (χ2n) is 6.29. The van der Waals surface area contributed by atoms with Crippen molar-refractivity contribution in [1.29, 1.82) is 0 Å². The van der Waals surface area contributed by atoms with Crippen molar-refractivity contribution in [3.05, 3.63) is 17.0 Å². The van der Waals surface area contributed by atoms with E-state index < -0.39 is 0 Å². The Morgan fingerprint density at radius 2 is 2.04 bits per heavy atom. The van der Waals surface area contributed by atoms with E-state index in [2.05, 4.69) is 29.2 Å². The molecule has 1 saturated heterocycles. The topological polar surface area (TPSA) is 50.2 Å². The number of carbonyl (C=O) groups is 1. The Hall–Kier alpha value is -1.01. The summed E-state index contributed by atoms with van der Waals surface area (Å²) in [6, 6.07) is 0.0157. The maximum Gasteiger partial charge on any atom is 0.230 e. The molecule has 1 N–H and O–H groups in total. The van der Waals surface area contributed by atoms with Crippen LogP contribution in [0.25, 0.3) is 0 Å². The monoisotopic (exact) mass is 338 g/mol. The molecule has 0 spiro atoms. The smallest absolute Gasteiger partial charge is 0.230 e. The number of carbonyl (C=O) groups excluding carboxylic acids is 1. The first kappa shape index (κ1) is 18.3. The van der Waals surface area contributed by atoms with Crippen LogP contribution >= 0.6 is 11.8 Å². The van der Waals surface area contributed by atoms with Crippen LogP contribution in [-0.4, -0.2) is 51.7 Å². The lowest BCUT2D eigenvalue weighted by Crippen LogP contribution is -2.29. The number of likely N-dealkylation sites (tertiary alicyclic amines) is 1. The molecule has 0 saturated carbocycles. The molecule has 1 aromatic rings. The highest BCUT2D eigenvalue weighted by Crippen LogP contribution is 2.21. The summed E-state index contributed by atoms with van der Waals surface area (Å²) < 4.78 is 2.00. The van der Waals surface area contributed by atoms with Crippen molar-refractivity contribution in [2.45, 2.75) is 53.1 Å². The number of hydrogen-bond acceptors (Lipinski definition) is 4. The van der Waals surface area contributed by atoms with Crippen LogP contribution in [-0.2, 0) is 11.3 Å². The van der Waals surface area contributed by atoms with E-state index in [9.17, 15) is 4.79 Å². The first-order valence-electron chi connectivity index (χ1n) is 8.66. The number of thioether (sulfide) groups is 1. The first-order chi connectivity index (χ1) is 11.0. The van der Waals surface area contributed by atoms with Crippen molar-refractivity contribution in [3.63, 3.8) is 0 Å². The molecule has 1 amide bonds. The minimum Gasteiger partial charge on any atom is -0.349 e. The normalized spacial score (nSPS) is 16.7. The fraction of sp³-hybridized carbons (Fsp3) is 0.765. The van der Waals surface area contributed by atoms with E-state index in [1.807, 2.05) is 18.5 Å². The van der Waals surface area contributed by atoms with Gasteiger partial charge in [0.1, 0.15) is 0 Å². The van der Waals surface area contributed by atoms with E-state index in [0.29, 0.717) is 5.75 Å². The molecule has 6 heteroatoms. The number of hydrogen-bond donors (Lipinski definition) is 1. The van der Waals surface area contributed by atoms with Crippen LogP contribution in [0.1, 0.15) is 49.7 Å². The van der Waals surface area contributed by atoms with E-state index in [4.69, 9.17) is 0 Å². The third-order valence-electron chi connectivity index (χ3n) is 4.53. The zero-order chi connectivity index (χ0) is 16.8. The second-order valence-corrected chi connectivity index (χ2v) is 7.40. The Labute approximate surface area is 144 Å². The zero-order valence-electron chi connectivity index (χ0n) is 14.9. The maximum atomic E-state index is 12.1. The van der Waals surface area contributed by atoms with Gasteiger partial charge in [-0.2, -0.15) is 16.9 Å². The minimum atomic E-state index is 0.0157. The summed E-state index contributed by atoms with van der Waals surface area (Å²) in [5, 5.41) is 7.65. The summed E-state index contributed by atoms with van der Waals surface area (Å²) in [4.78, 5) is 14.6. The van der Waals surface area contributed by atoms with Gasteiger partial charge in [0.25, 0.3) is 0 Å². The molecule has 2 rings (SSSR count). The zero-order valence-corrected chi connectivity index (χ0v) is 15.7. The molecule has 0 unspecified atom stereocenters. The molecule has 1 aliphatic heterocycles. The largest absolute Gasteiger partial charge is 0.349 e. The molecule has 130 valence electrons. The van der Waals surface area contributed by atoms with Crippen molar-refractivity contribution in [3.8, 4) is 0 Å². The highest BCUT2D eigenvalue weighted by atomic mass is 32.2. The molecule has 0 bridgehead atoms. The van der Waals surface area contributed by atoms with Gasteiger partial charge in [-0.05, 0) is 53.6 Å². The predicted molar refractivity (Wildman–Crippen MR) is 96.9 cm³/mol. The summed E-state index contributed by atoms with van der Waals surface area (Å²) >= 11 is 1.73. The molecule has 1 atom stereocenters.